The van der Waals surface area contributed by atoms with Gasteiger partial charge in [0.2, 0.25) is 0 Å². The molecule has 0 aliphatic carbocycles. The number of methoxy groups -OCH3 is 1. The fourth-order valence-corrected chi connectivity index (χ4v) is 4.91. The second-order valence-corrected chi connectivity index (χ2v) is 10.1. The van der Waals surface area contributed by atoms with Crippen molar-refractivity contribution >= 4 is 45.9 Å². The zero-order valence-corrected chi connectivity index (χ0v) is 24.1. The molecule has 0 radical (unpaired) electrons. The van der Waals surface area contributed by atoms with E-state index in [1.807, 2.05) is 48.5 Å². The number of aromatic nitrogens is 1. The normalized spacial score (nSPS) is 11.3. The van der Waals surface area contributed by atoms with Crippen molar-refractivity contribution in [2.75, 3.05) is 7.11 Å². The maximum absolute atomic E-state index is 12.6. The zero-order chi connectivity index (χ0) is 31.2. The number of nitrogens with zero attached hydrogens (tertiary/aromatic N) is 3. The molecule has 220 valence electrons. The third kappa shape index (κ3) is 6.37. The number of pyridine rings is 1. The Hall–Kier alpha value is -6.35. The molecule has 0 bridgehead atoms. The average molecular weight is 594 g/mol. The molecule has 45 heavy (non-hydrogen) atoms. The molecule has 0 aliphatic heterocycles. The summed E-state index contributed by atoms with van der Waals surface area (Å²) in [6, 6.07) is 32.3. The van der Waals surface area contributed by atoms with Gasteiger partial charge >= 0.3 is 0 Å². The maximum Gasteiger partial charge on any atom is 0.271 e. The quantitative estimate of drug-likeness (QED) is 0.141. The highest BCUT2D eigenvalue weighted by Gasteiger charge is 2.11. The van der Waals surface area contributed by atoms with Crippen LogP contribution in [0.1, 0.15) is 31.8 Å². The standard InChI is InChI=1S/C36H27N5O4/c1-45-29-13-9-24(10-14-29)36(44)41-39-22-28-18-27(20-33-30(28)8-5-17-37-33)25-11-15-31-32(19-25)26(12-16-34(31)42)21-38-40-35(43)23-6-3-2-4-7-23/h2-22,42H,1H3,(H,40,43)(H,41,44)/b38-21+,39-22+. The van der Waals surface area contributed by atoms with Gasteiger partial charge in [0.25, 0.3) is 11.8 Å². The number of phenols is 1. The lowest BCUT2D eigenvalue weighted by Crippen LogP contribution is -2.17. The van der Waals surface area contributed by atoms with Crippen LogP contribution in [0.5, 0.6) is 11.5 Å². The number of rotatable bonds is 8. The van der Waals surface area contributed by atoms with Crippen molar-refractivity contribution in [3.8, 4) is 22.6 Å². The Balaban J connectivity index is 1.31. The minimum atomic E-state index is -0.351. The van der Waals surface area contributed by atoms with E-state index in [1.165, 1.54) is 0 Å². The predicted molar refractivity (Wildman–Crippen MR) is 176 cm³/mol. The molecule has 0 saturated heterocycles. The molecule has 6 aromatic rings. The predicted octanol–water partition coefficient (Wildman–Crippen LogP) is 6.30. The number of ether oxygens (including phenoxy) is 1. The van der Waals surface area contributed by atoms with Gasteiger partial charge in [-0.25, -0.2) is 10.9 Å². The molecule has 9 nitrogen and oxygen atoms in total. The first-order chi connectivity index (χ1) is 22.0. The van der Waals surface area contributed by atoms with Crippen LogP contribution in [0.4, 0.5) is 0 Å². The Morgan fingerprint density at radius 1 is 0.689 bits per heavy atom. The molecule has 9 heteroatoms. The van der Waals surface area contributed by atoms with Gasteiger partial charge in [0.1, 0.15) is 11.5 Å². The number of fused-ring (bicyclic) bond motifs is 2. The summed E-state index contributed by atoms with van der Waals surface area (Å²) < 4.78 is 5.15. The van der Waals surface area contributed by atoms with Crippen molar-refractivity contribution < 1.29 is 19.4 Å². The second kappa shape index (κ2) is 12.9. The van der Waals surface area contributed by atoms with Crippen LogP contribution in [-0.4, -0.2) is 41.4 Å². The number of benzene rings is 5. The number of carbonyl (C=O) groups is 2. The summed E-state index contributed by atoms with van der Waals surface area (Å²) in [4.78, 5) is 29.6. The van der Waals surface area contributed by atoms with E-state index in [1.54, 1.807) is 86.4 Å². The van der Waals surface area contributed by atoms with Gasteiger partial charge in [-0.1, -0.05) is 36.4 Å². The summed E-state index contributed by atoms with van der Waals surface area (Å²) in [7, 11) is 1.57. The lowest BCUT2D eigenvalue weighted by atomic mass is 9.95. The molecule has 1 aromatic heterocycles. The minimum Gasteiger partial charge on any atom is -0.507 e. The molecule has 5 aromatic carbocycles. The molecule has 0 unspecified atom stereocenters. The first-order valence-electron chi connectivity index (χ1n) is 14.0. The summed E-state index contributed by atoms with van der Waals surface area (Å²) in [5, 5.41) is 21.2. The summed E-state index contributed by atoms with van der Waals surface area (Å²) in [5.74, 6) is 0.108. The first-order valence-corrected chi connectivity index (χ1v) is 14.0. The topological polar surface area (TPSA) is 125 Å². The van der Waals surface area contributed by atoms with Crippen molar-refractivity contribution in [2.24, 2.45) is 10.2 Å². The zero-order valence-electron chi connectivity index (χ0n) is 24.1. The van der Waals surface area contributed by atoms with Crippen LogP contribution in [0.2, 0.25) is 0 Å². The molecule has 2 amide bonds. The third-order valence-electron chi connectivity index (χ3n) is 7.24. The monoisotopic (exact) mass is 593 g/mol. The molecular weight excluding hydrogens is 566 g/mol. The highest BCUT2D eigenvalue weighted by atomic mass is 16.5. The first kappa shape index (κ1) is 28.8. The van der Waals surface area contributed by atoms with Crippen LogP contribution < -0.4 is 15.6 Å². The molecule has 0 saturated carbocycles. The summed E-state index contributed by atoms with van der Waals surface area (Å²) in [5.41, 5.74) is 10.0. The van der Waals surface area contributed by atoms with E-state index >= 15 is 0 Å². The fraction of sp³-hybridized carbons (Fsp3) is 0.0278. The maximum atomic E-state index is 12.6. The van der Waals surface area contributed by atoms with Crippen molar-refractivity contribution in [1.82, 2.24) is 15.8 Å². The average Bonchev–Trinajstić information content (AvgIpc) is 3.09. The summed E-state index contributed by atoms with van der Waals surface area (Å²) in [6.45, 7) is 0. The van der Waals surface area contributed by atoms with Gasteiger partial charge in [0, 0.05) is 39.2 Å². The molecule has 0 fully saturated rings. The Labute approximate surface area is 258 Å². The molecular formula is C36H27N5O4. The van der Waals surface area contributed by atoms with Crippen LogP contribution in [0.3, 0.4) is 0 Å². The van der Waals surface area contributed by atoms with Crippen LogP contribution >= 0.6 is 0 Å². The van der Waals surface area contributed by atoms with Crippen molar-refractivity contribution in [3.63, 3.8) is 0 Å². The fourth-order valence-electron chi connectivity index (χ4n) is 4.91. The van der Waals surface area contributed by atoms with Crippen molar-refractivity contribution in [1.29, 1.82) is 0 Å². The third-order valence-corrected chi connectivity index (χ3v) is 7.24. The number of aromatic hydroxyl groups is 1. The van der Waals surface area contributed by atoms with E-state index in [9.17, 15) is 14.7 Å². The number of carbonyl (C=O) groups excluding carboxylic acids is 2. The highest BCUT2D eigenvalue weighted by Crippen LogP contribution is 2.33. The largest absolute Gasteiger partial charge is 0.507 e. The van der Waals surface area contributed by atoms with E-state index in [-0.39, 0.29) is 17.6 Å². The summed E-state index contributed by atoms with van der Waals surface area (Å²) >= 11 is 0. The Morgan fingerprint density at radius 2 is 1.40 bits per heavy atom. The molecule has 0 spiro atoms. The van der Waals surface area contributed by atoms with Crippen LogP contribution in [0, 0.1) is 0 Å². The van der Waals surface area contributed by atoms with Crippen molar-refractivity contribution in [2.45, 2.75) is 0 Å². The molecule has 6 rings (SSSR count). The lowest BCUT2D eigenvalue weighted by molar-refractivity contribution is 0.0947. The van der Waals surface area contributed by atoms with Gasteiger partial charge in [-0.05, 0) is 89.3 Å². The number of hydrogen-bond acceptors (Lipinski definition) is 7. The summed E-state index contributed by atoms with van der Waals surface area (Å²) in [6.07, 6.45) is 4.86. The van der Waals surface area contributed by atoms with E-state index in [2.05, 4.69) is 26.0 Å². The number of nitrogens with one attached hydrogen (secondary N) is 2. The molecule has 1 heterocycles. The smallest absolute Gasteiger partial charge is 0.271 e. The van der Waals surface area contributed by atoms with Gasteiger partial charge in [-0.15, -0.1) is 0 Å². The number of amides is 2. The van der Waals surface area contributed by atoms with E-state index in [0.29, 0.717) is 27.8 Å². The Bertz CT molecular complexity index is 2090. The number of phenolic OH excluding ortho intramolecular Hbond substituents is 1. The second-order valence-electron chi connectivity index (χ2n) is 10.1. The van der Waals surface area contributed by atoms with E-state index in [0.717, 1.165) is 33.0 Å². The van der Waals surface area contributed by atoms with Gasteiger partial charge in [-0.2, -0.15) is 10.2 Å². The van der Waals surface area contributed by atoms with Gasteiger partial charge < -0.3 is 9.84 Å². The number of hydrogen-bond donors (Lipinski definition) is 3. The lowest BCUT2D eigenvalue weighted by Gasteiger charge is -2.11. The molecule has 3 N–H and O–H groups in total. The van der Waals surface area contributed by atoms with Crippen LogP contribution in [0.15, 0.2) is 126 Å². The van der Waals surface area contributed by atoms with E-state index < -0.39 is 0 Å². The van der Waals surface area contributed by atoms with Gasteiger partial charge in [0.15, 0.2) is 0 Å². The molecule has 0 atom stereocenters. The molecule has 0 aliphatic rings. The SMILES string of the molecule is COc1ccc(C(=O)N/N=C/c2cc(-c3ccc4c(O)ccc(/C=N/NC(=O)c5ccccc5)c4c3)cc3ncccc23)cc1. The number of hydrazone groups is 2. The van der Waals surface area contributed by atoms with E-state index in [4.69, 9.17) is 4.74 Å². The highest BCUT2D eigenvalue weighted by molar-refractivity contribution is 6.06. The Kier molecular flexibility index (Phi) is 8.23. The van der Waals surface area contributed by atoms with Gasteiger partial charge in [-0.3, -0.25) is 14.6 Å². The van der Waals surface area contributed by atoms with Gasteiger partial charge in [0.05, 0.1) is 25.1 Å². The van der Waals surface area contributed by atoms with Crippen molar-refractivity contribution in [3.05, 3.63) is 138 Å². The minimum absolute atomic E-state index is 0.127. The van der Waals surface area contributed by atoms with Crippen LogP contribution in [-0.2, 0) is 0 Å². The van der Waals surface area contributed by atoms with Crippen LogP contribution in [0.25, 0.3) is 32.8 Å². The Morgan fingerprint density at radius 3 is 2.13 bits per heavy atom.